The lowest BCUT2D eigenvalue weighted by molar-refractivity contribution is -0.115. The van der Waals surface area contributed by atoms with E-state index in [1.807, 2.05) is 0 Å². The second kappa shape index (κ2) is 5.96. The van der Waals surface area contributed by atoms with Gasteiger partial charge in [0.15, 0.2) is 5.82 Å². The molecule has 1 aromatic heterocycles. The van der Waals surface area contributed by atoms with E-state index in [9.17, 15) is 9.18 Å². The van der Waals surface area contributed by atoms with Crippen LogP contribution in [-0.2, 0) is 4.79 Å². The Morgan fingerprint density at radius 2 is 2.09 bits per heavy atom. The standard InChI is InChI=1S/C14H16FN5OS/c1-8(13(21)17-11-6-4-10(15)5-7-11)22-14-19-18-12(20(14)16)9-2-3-9/h4-9H,2-3,16H2,1H3,(H,17,21)/t8-/m0/s1. The maximum absolute atomic E-state index is 12.8. The molecule has 0 aliphatic heterocycles. The fourth-order valence-electron chi connectivity index (χ4n) is 1.98. The molecule has 1 aromatic carbocycles. The molecule has 3 N–H and O–H groups in total. The van der Waals surface area contributed by atoms with E-state index in [0.717, 1.165) is 18.7 Å². The summed E-state index contributed by atoms with van der Waals surface area (Å²) in [7, 11) is 0. The fourth-order valence-corrected chi connectivity index (χ4v) is 2.75. The first-order chi connectivity index (χ1) is 10.5. The van der Waals surface area contributed by atoms with Crippen molar-refractivity contribution in [2.75, 3.05) is 11.2 Å². The van der Waals surface area contributed by atoms with Crippen LogP contribution in [0.4, 0.5) is 10.1 Å². The Balaban J connectivity index is 1.62. The molecule has 22 heavy (non-hydrogen) atoms. The summed E-state index contributed by atoms with van der Waals surface area (Å²) in [5, 5.41) is 11.0. The van der Waals surface area contributed by atoms with E-state index in [1.165, 1.54) is 40.7 Å². The minimum Gasteiger partial charge on any atom is -0.336 e. The Hall–Kier alpha value is -2.09. The first kappa shape index (κ1) is 14.8. The summed E-state index contributed by atoms with van der Waals surface area (Å²) in [6, 6.07) is 5.63. The molecule has 0 bridgehead atoms. The Kier molecular flexibility index (Phi) is 4.02. The first-order valence-electron chi connectivity index (χ1n) is 6.98. The van der Waals surface area contributed by atoms with Crippen molar-refractivity contribution in [1.82, 2.24) is 14.9 Å². The van der Waals surface area contributed by atoms with Crippen molar-refractivity contribution in [3.63, 3.8) is 0 Å². The number of thioether (sulfide) groups is 1. The Morgan fingerprint density at radius 1 is 1.41 bits per heavy atom. The fraction of sp³-hybridized carbons (Fsp3) is 0.357. The number of anilines is 1. The topological polar surface area (TPSA) is 85.8 Å². The third kappa shape index (κ3) is 3.22. The third-order valence-corrected chi connectivity index (χ3v) is 4.45. The summed E-state index contributed by atoms with van der Waals surface area (Å²) in [6.45, 7) is 1.76. The van der Waals surface area contributed by atoms with E-state index in [0.29, 0.717) is 16.8 Å². The van der Waals surface area contributed by atoms with Crippen LogP contribution < -0.4 is 11.2 Å². The van der Waals surface area contributed by atoms with Gasteiger partial charge in [0.2, 0.25) is 11.1 Å². The van der Waals surface area contributed by atoms with Gasteiger partial charge in [-0.3, -0.25) is 4.79 Å². The number of amides is 1. The molecule has 1 aliphatic carbocycles. The van der Waals surface area contributed by atoms with Gasteiger partial charge in [-0.25, -0.2) is 9.07 Å². The third-order valence-electron chi connectivity index (χ3n) is 3.40. The molecule has 1 aliphatic rings. The Morgan fingerprint density at radius 3 is 2.73 bits per heavy atom. The van der Waals surface area contributed by atoms with Crippen LogP contribution in [-0.4, -0.2) is 26.0 Å². The van der Waals surface area contributed by atoms with Crippen molar-refractivity contribution in [1.29, 1.82) is 0 Å². The minimum atomic E-state index is -0.399. The molecule has 116 valence electrons. The van der Waals surface area contributed by atoms with Gasteiger partial charge in [-0.1, -0.05) is 11.8 Å². The number of benzene rings is 1. The van der Waals surface area contributed by atoms with Crippen LogP contribution >= 0.6 is 11.8 Å². The van der Waals surface area contributed by atoms with Crippen molar-refractivity contribution < 1.29 is 9.18 Å². The maximum Gasteiger partial charge on any atom is 0.237 e. The lowest BCUT2D eigenvalue weighted by Gasteiger charge is -2.11. The van der Waals surface area contributed by atoms with Crippen molar-refractivity contribution >= 4 is 23.4 Å². The number of nitrogens with one attached hydrogen (secondary N) is 1. The second-order valence-corrected chi connectivity index (χ2v) is 6.55. The van der Waals surface area contributed by atoms with Crippen molar-refractivity contribution in [3.05, 3.63) is 35.9 Å². The van der Waals surface area contributed by atoms with Gasteiger partial charge in [0.05, 0.1) is 5.25 Å². The summed E-state index contributed by atoms with van der Waals surface area (Å²) in [6.07, 6.45) is 2.17. The van der Waals surface area contributed by atoms with Crippen LogP contribution in [0.15, 0.2) is 29.4 Å². The molecule has 1 heterocycles. The highest BCUT2D eigenvalue weighted by Gasteiger charge is 2.30. The van der Waals surface area contributed by atoms with Crippen molar-refractivity contribution in [2.45, 2.75) is 36.1 Å². The second-order valence-electron chi connectivity index (χ2n) is 5.24. The van der Waals surface area contributed by atoms with Gasteiger partial charge in [0, 0.05) is 11.6 Å². The molecule has 0 radical (unpaired) electrons. The van der Waals surface area contributed by atoms with Gasteiger partial charge in [-0.2, -0.15) is 0 Å². The predicted octanol–water partition coefficient (Wildman–Crippen LogP) is 2.13. The van der Waals surface area contributed by atoms with E-state index in [1.54, 1.807) is 6.92 Å². The van der Waals surface area contributed by atoms with Crippen LogP contribution in [0.1, 0.15) is 31.5 Å². The minimum absolute atomic E-state index is 0.201. The molecule has 8 heteroatoms. The molecule has 0 saturated heterocycles. The summed E-state index contributed by atoms with van der Waals surface area (Å²) in [5.74, 6) is 6.59. The van der Waals surface area contributed by atoms with Gasteiger partial charge in [0.1, 0.15) is 5.82 Å². The molecular weight excluding hydrogens is 305 g/mol. The Labute approximate surface area is 131 Å². The van der Waals surface area contributed by atoms with Gasteiger partial charge in [0.25, 0.3) is 0 Å². The largest absolute Gasteiger partial charge is 0.336 e. The van der Waals surface area contributed by atoms with Gasteiger partial charge >= 0.3 is 0 Å². The molecule has 0 unspecified atom stereocenters. The molecule has 1 saturated carbocycles. The van der Waals surface area contributed by atoms with Crippen LogP contribution in [0, 0.1) is 5.82 Å². The molecule has 6 nitrogen and oxygen atoms in total. The number of hydrogen-bond donors (Lipinski definition) is 2. The highest BCUT2D eigenvalue weighted by Crippen LogP contribution is 2.39. The van der Waals surface area contributed by atoms with Crippen molar-refractivity contribution in [3.8, 4) is 0 Å². The van der Waals surface area contributed by atoms with Crippen LogP contribution in [0.2, 0.25) is 0 Å². The maximum atomic E-state index is 12.8. The molecule has 1 amide bonds. The van der Waals surface area contributed by atoms with E-state index in [-0.39, 0.29) is 11.7 Å². The molecule has 2 aromatic rings. The highest BCUT2D eigenvalue weighted by molar-refractivity contribution is 8.00. The van der Waals surface area contributed by atoms with Crippen LogP contribution in [0.5, 0.6) is 0 Å². The number of carbonyl (C=O) groups excluding carboxylic acids is 1. The van der Waals surface area contributed by atoms with E-state index < -0.39 is 5.25 Å². The number of rotatable bonds is 5. The molecular formula is C14H16FN5OS. The number of nitrogens with two attached hydrogens (primary N) is 1. The van der Waals surface area contributed by atoms with E-state index in [2.05, 4.69) is 15.5 Å². The zero-order chi connectivity index (χ0) is 15.7. The van der Waals surface area contributed by atoms with Gasteiger partial charge in [-0.05, 0) is 44.0 Å². The summed E-state index contributed by atoms with van der Waals surface area (Å²) in [5.41, 5.74) is 0.548. The number of halogens is 1. The molecule has 0 spiro atoms. The number of nitrogen functional groups attached to an aromatic ring is 1. The quantitative estimate of drug-likeness (QED) is 0.651. The molecule has 1 fully saturated rings. The number of nitrogens with zero attached hydrogens (tertiary/aromatic N) is 3. The van der Waals surface area contributed by atoms with Crippen LogP contribution in [0.3, 0.4) is 0 Å². The zero-order valence-electron chi connectivity index (χ0n) is 12.0. The summed E-state index contributed by atoms with van der Waals surface area (Å²) < 4.78 is 14.3. The number of hydrogen-bond acceptors (Lipinski definition) is 5. The van der Waals surface area contributed by atoms with Crippen LogP contribution in [0.25, 0.3) is 0 Å². The van der Waals surface area contributed by atoms with E-state index >= 15 is 0 Å². The lowest BCUT2D eigenvalue weighted by atomic mass is 10.3. The number of aromatic nitrogens is 3. The van der Waals surface area contributed by atoms with Gasteiger partial charge < -0.3 is 11.2 Å². The smallest absolute Gasteiger partial charge is 0.237 e. The average Bonchev–Trinajstić information content (AvgIpc) is 3.27. The molecule has 3 rings (SSSR count). The SMILES string of the molecule is C[C@H](Sc1nnc(C2CC2)n1N)C(=O)Nc1ccc(F)cc1. The molecule has 1 atom stereocenters. The normalized spacial score (nSPS) is 15.5. The summed E-state index contributed by atoms with van der Waals surface area (Å²) in [4.78, 5) is 12.1. The Bertz CT molecular complexity index is 683. The van der Waals surface area contributed by atoms with Crippen molar-refractivity contribution in [2.24, 2.45) is 0 Å². The van der Waals surface area contributed by atoms with E-state index in [4.69, 9.17) is 5.84 Å². The monoisotopic (exact) mass is 321 g/mol. The lowest BCUT2D eigenvalue weighted by Crippen LogP contribution is -2.23. The average molecular weight is 321 g/mol. The predicted molar refractivity (Wildman–Crippen MR) is 82.5 cm³/mol. The van der Waals surface area contributed by atoms with Gasteiger partial charge in [-0.15, -0.1) is 10.2 Å². The number of carbonyl (C=O) groups is 1. The summed E-state index contributed by atoms with van der Waals surface area (Å²) >= 11 is 1.24. The zero-order valence-corrected chi connectivity index (χ0v) is 12.8. The first-order valence-corrected chi connectivity index (χ1v) is 7.86. The highest BCUT2D eigenvalue weighted by atomic mass is 32.2.